The third-order valence-electron chi connectivity index (χ3n) is 3.59. The molecule has 1 unspecified atom stereocenters. The van der Waals surface area contributed by atoms with Crippen molar-refractivity contribution in [3.05, 3.63) is 47.2 Å². The van der Waals surface area contributed by atoms with Crippen molar-refractivity contribution in [1.29, 1.82) is 0 Å². The molecule has 6 heteroatoms. The zero-order valence-corrected chi connectivity index (χ0v) is 12.3. The average Bonchev–Trinajstić information content (AvgIpc) is 2.96. The van der Waals surface area contributed by atoms with Gasteiger partial charge in [-0.15, -0.1) is 0 Å². The van der Waals surface area contributed by atoms with Gasteiger partial charge in [-0.3, -0.25) is 0 Å². The molecule has 2 N–H and O–H groups in total. The van der Waals surface area contributed by atoms with Crippen LogP contribution in [0.1, 0.15) is 12.1 Å². The largest absolute Gasteiger partial charge is 0.390 e. The van der Waals surface area contributed by atoms with Gasteiger partial charge in [0.15, 0.2) is 0 Å². The van der Waals surface area contributed by atoms with Crippen LogP contribution in [-0.4, -0.2) is 34.2 Å². The van der Waals surface area contributed by atoms with E-state index in [1.807, 2.05) is 24.3 Å². The number of anilines is 2. The molecule has 1 fully saturated rings. The summed E-state index contributed by atoms with van der Waals surface area (Å²) in [6.07, 6.45) is 2.68. The Labute approximate surface area is 128 Å². The number of aliphatic hydroxyl groups excluding tert-OH is 1. The first-order chi connectivity index (χ1) is 10.2. The number of nitrogens with zero attached hydrogens (tertiary/aromatic N) is 3. The molecule has 1 saturated heterocycles. The molecule has 0 amide bonds. The van der Waals surface area contributed by atoms with E-state index in [1.165, 1.54) is 5.69 Å². The first kappa shape index (κ1) is 14.1. The highest BCUT2D eigenvalue weighted by atomic mass is 35.5. The van der Waals surface area contributed by atoms with Crippen LogP contribution in [0.15, 0.2) is 36.5 Å². The van der Waals surface area contributed by atoms with Crippen molar-refractivity contribution in [2.45, 2.75) is 19.1 Å². The summed E-state index contributed by atoms with van der Waals surface area (Å²) in [6, 6.07) is 9.90. The molecular formula is C15H17ClN4O. The number of halogens is 1. The third-order valence-corrected chi connectivity index (χ3v) is 3.84. The molecule has 3 rings (SSSR count). The number of hydrogen-bond acceptors (Lipinski definition) is 5. The number of nitrogens with one attached hydrogen (secondary N) is 1. The normalized spacial score (nSPS) is 18.0. The van der Waals surface area contributed by atoms with Crippen LogP contribution in [0.2, 0.25) is 5.02 Å². The van der Waals surface area contributed by atoms with Gasteiger partial charge in [0, 0.05) is 36.0 Å². The Morgan fingerprint density at radius 2 is 2.10 bits per heavy atom. The lowest BCUT2D eigenvalue weighted by molar-refractivity contribution is 0.277. The van der Waals surface area contributed by atoms with Crippen molar-refractivity contribution in [3.63, 3.8) is 0 Å². The lowest BCUT2D eigenvalue weighted by atomic mass is 10.3. The quantitative estimate of drug-likeness (QED) is 0.907. The van der Waals surface area contributed by atoms with Gasteiger partial charge in [0.05, 0.1) is 12.3 Å². The smallest absolute Gasteiger partial charge is 0.223 e. The summed E-state index contributed by atoms with van der Waals surface area (Å²) >= 11 is 5.92. The molecule has 0 saturated carbocycles. The first-order valence-corrected chi connectivity index (χ1v) is 7.32. The van der Waals surface area contributed by atoms with E-state index >= 15 is 0 Å². The monoisotopic (exact) mass is 304 g/mol. The molecule has 5 nitrogen and oxygen atoms in total. The lowest BCUT2D eigenvalue weighted by Gasteiger charge is -2.19. The minimum absolute atomic E-state index is 0.0707. The Bertz CT molecular complexity index is 605. The van der Waals surface area contributed by atoms with E-state index in [-0.39, 0.29) is 6.61 Å². The highest BCUT2D eigenvalue weighted by Crippen LogP contribution is 2.23. The Hall–Kier alpha value is -1.85. The fourth-order valence-corrected chi connectivity index (χ4v) is 2.63. The summed E-state index contributed by atoms with van der Waals surface area (Å²) in [6.45, 7) is 1.81. The zero-order chi connectivity index (χ0) is 14.7. The average molecular weight is 305 g/mol. The molecule has 0 bridgehead atoms. The van der Waals surface area contributed by atoms with Crippen LogP contribution in [-0.2, 0) is 6.61 Å². The third kappa shape index (κ3) is 3.43. The molecule has 21 heavy (non-hydrogen) atoms. The second-order valence-electron chi connectivity index (χ2n) is 5.08. The van der Waals surface area contributed by atoms with Crippen molar-refractivity contribution in [1.82, 2.24) is 9.97 Å². The maximum absolute atomic E-state index is 9.10. The first-order valence-electron chi connectivity index (χ1n) is 6.94. The van der Waals surface area contributed by atoms with Crippen LogP contribution in [0, 0.1) is 0 Å². The van der Waals surface area contributed by atoms with Gasteiger partial charge in [-0.1, -0.05) is 11.6 Å². The van der Waals surface area contributed by atoms with Crippen molar-refractivity contribution in [2.24, 2.45) is 0 Å². The molecular weight excluding hydrogens is 288 g/mol. The van der Waals surface area contributed by atoms with Gasteiger partial charge in [-0.2, -0.15) is 0 Å². The van der Waals surface area contributed by atoms with Crippen LogP contribution in [0.4, 0.5) is 11.6 Å². The summed E-state index contributed by atoms with van der Waals surface area (Å²) in [5.41, 5.74) is 1.80. The van der Waals surface area contributed by atoms with Crippen LogP contribution in [0.25, 0.3) is 0 Å². The molecule has 1 aliphatic heterocycles. The highest BCUT2D eigenvalue weighted by Gasteiger charge is 2.23. The second kappa shape index (κ2) is 6.28. The summed E-state index contributed by atoms with van der Waals surface area (Å²) in [5, 5.41) is 13.2. The van der Waals surface area contributed by atoms with Crippen molar-refractivity contribution in [3.8, 4) is 0 Å². The van der Waals surface area contributed by atoms with Crippen LogP contribution >= 0.6 is 11.6 Å². The number of rotatable bonds is 4. The Kier molecular flexibility index (Phi) is 4.22. The number of benzene rings is 1. The maximum atomic E-state index is 9.10. The van der Waals surface area contributed by atoms with Gasteiger partial charge in [0.25, 0.3) is 0 Å². The fourth-order valence-electron chi connectivity index (χ4n) is 2.50. The van der Waals surface area contributed by atoms with E-state index in [4.69, 9.17) is 16.7 Å². The van der Waals surface area contributed by atoms with Gasteiger partial charge < -0.3 is 15.3 Å². The van der Waals surface area contributed by atoms with Crippen LogP contribution in [0.3, 0.4) is 0 Å². The lowest BCUT2D eigenvalue weighted by Crippen LogP contribution is -2.26. The highest BCUT2D eigenvalue weighted by molar-refractivity contribution is 6.30. The molecule has 0 spiro atoms. The van der Waals surface area contributed by atoms with Crippen molar-refractivity contribution < 1.29 is 5.11 Å². The van der Waals surface area contributed by atoms with Gasteiger partial charge in [0.2, 0.25) is 5.95 Å². The van der Waals surface area contributed by atoms with Gasteiger partial charge in [-0.05, 0) is 36.8 Å². The molecule has 2 aromatic rings. The summed E-state index contributed by atoms with van der Waals surface area (Å²) < 4.78 is 0. The number of hydrogen-bond donors (Lipinski definition) is 2. The summed E-state index contributed by atoms with van der Waals surface area (Å²) in [5.74, 6) is 0.574. The SMILES string of the molecule is OCc1ccnc(NC2CCN(c3ccc(Cl)cc3)C2)n1. The number of aliphatic hydroxyl groups is 1. The molecule has 1 atom stereocenters. The standard InChI is InChI=1S/C15H17ClN4O/c16-11-1-3-14(4-2-11)20-8-6-12(9-20)18-15-17-7-5-13(10-21)19-15/h1-5,7,12,21H,6,8-10H2,(H,17,18,19). The fraction of sp³-hybridized carbons (Fsp3) is 0.333. The minimum Gasteiger partial charge on any atom is -0.390 e. The number of aromatic nitrogens is 2. The van der Waals surface area contributed by atoms with E-state index in [0.29, 0.717) is 17.7 Å². The van der Waals surface area contributed by atoms with E-state index < -0.39 is 0 Å². The summed E-state index contributed by atoms with van der Waals surface area (Å²) in [7, 11) is 0. The van der Waals surface area contributed by atoms with Crippen molar-refractivity contribution in [2.75, 3.05) is 23.3 Å². The second-order valence-corrected chi connectivity index (χ2v) is 5.52. The van der Waals surface area contributed by atoms with Gasteiger partial charge >= 0.3 is 0 Å². The molecule has 1 aromatic carbocycles. The van der Waals surface area contributed by atoms with E-state index in [2.05, 4.69) is 20.2 Å². The van der Waals surface area contributed by atoms with E-state index in [0.717, 1.165) is 24.5 Å². The van der Waals surface area contributed by atoms with Crippen molar-refractivity contribution >= 4 is 23.2 Å². The van der Waals surface area contributed by atoms with Gasteiger partial charge in [-0.25, -0.2) is 9.97 Å². The zero-order valence-electron chi connectivity index (χ0n) is 11.5. The van der Waals surface area contributed by atoms with Gasteiger partial charge in [0.1, 0.15) is 0 Å². The predicted octanol–water partition coefficient (Wildman–Crippen LogP) is 2.31. The Morgan fingerprint density at radius 3 is 2.86 bits per heavy atom. The molecule has 2 heterocycles. The van der Waals surface area contributed by atoms with E-state index in [9.17, 15) is 0 Å². The van der Waals surface area contributed by atoms with Crippen LogP contribution in [0.5, 0.6) is 0 Å². The Balaban J connectivity index is 1.63. The predicted molar refractivity (Wildman–Crippen MR) is 83.6 cm³/mol. The topological polar surface area (TPSA) is 61.3 Å². The Morgan fingerprint density at radius 1 is 1.29 bits per heavy atom. The maximum Gasteiger partial charge on any atom is 0.223 e. The molecule has 110 valence electrons. The molecule has 1 aliphatic rings. The molecule has 0 radical (unpaired) electrons. The van der Waals surface area contributed by atoms with Crippen LogP contribution < -0.4 is 10.2 Å². The minimum atomic E-state index is -0.0707. The summed E-state index contributed by atoms with van der Waals surface area (Å²) in [4.78, 5) is 10.8. The van der Waals surface area contributed by atoms with E-state index in [1.54, 1.807) is 12.3 Å². The molecule has 0 aliphatic carbocycles. The molecule has 1 aromatic heterocycles.